The van der Waals surface area contributed by atoms with Gasteiger partial charge >= 0.3 is 0 Å². The van der Waals surface area contributed by atoms with Gasteiger partial charge in [0.25, 0.3) is 5.91 Å². The number of hydrogen-bond donors (Lipinski definition) is 1. The van der Waals surface area contributed by atoms with Crippen LogP contribution in [-0.2, 0) is 9.59 Å². The molecule has 3 amide bonds. The molecule has 1 N–H and O–H groups in total. The summed E-state index contributed by atoms with van der Waals surface area (Å²) >= 11 is 0. The summed E-state index contributed by atoms with van der Waals surface area (Å²) < 4.78 is 13.0. The van der Waals surface area contributed by atoms with Crippen LogP contribution < -0.4 is 10.2 Å². The first-order valence-corrected chi connectivity index (χ1v) is 9.49. The first-order chi connectivity index (χ1) is 13.4. The second-order valence-electron chi connectivity index (χ2n) is 7.65. The molecule has 1 saturated heterocycles. The Hall–Kier alpha value is -3.02. The van der Waals surface area contributed by atoms with E-state index in [0.29, 0.717) is 22.9 Å². The Labute approximate surface area is 162 Å². The van der Waals surface area contributed by atoms with Crippen LogP contribution in [0.25, 0.3) is 0 Å². The van der Waals surface area contributed by atoms with E-state index in [2.05, 4.69) is 12.2 Å². The van der Waals surface area contributed by atoms with Crippen LogP contribution in [0.3, 0.4) is 0 Å². The van der Waals surface area contributed by atoms with E-state index < -0.39 is 0 Å². The van der Waals surface area contributed by atoms with Gasteiger partial charge in [-0.25, -0.2) is 4.39 Å². The standard InChI is InChI=1S/C22H21FN2O3/c1-13-2-11-18-19(12-13)22(28)25(21(18)27)17-9-3-14(4-10-17)20(26)24-16-7-5-15(23)6-8-16/h3-10,13,18-19H,2,11-12H2,1H3,(H,24,26)/t13-,18-,19+/m0/s1. The molecule has 6 heteroatoms. The second-order valence-corrected chi connectivity index (χ2v) is 7.65. The van der Waals surface area contributed by atoms with E-state index in [4.69, 9.17) is 0 Å². The molecule has 0 spiro atoms. The van der Waals surface area contributed by atoms with Crippen molar-refractivity contribution in [3.63, 3.8) is 0 Å². The summed E-state index contributed by atoms with van der Waals surface area (Å²) in [5, 5.41) is 2.68. The van der Waals surface area contributed by atoms with Gasteiger partial charge in [-0.2, -0.15) is 0 Å². The highest BCUT2D eigenvalue weighted by Gasteiger charge is 2.49. The maximum Gasteiger partial charge on any atom is 0.255 e. The van der Waals surface area contributed by atoms with E-state index >= 15 is 0 Å². The average Bonchev–Trinajstić information content (AvgIpc) is 2.93. The number of rotatable bonds is 3. The molecule has 2 aliphatic rings. The lowest BCUT2D eigenvalue weighted by molar-refractivity contribution is -0.122. The van der Waals surface area contributed by atoms with Crippen molar-refractivity contribution in [2.24, 2.45) is 17.8 Å². The Morgan fingerprint density at radius 1 is 0.964 bits per heavy atom. The molecule has 1 heterocycles. The number of carbonyl (C=O) groups is 3. The summed E-state index contributed by atoms with van der Waals surface area (Å²) in [6, 6.07) is 11.9. The van der Waals surface area contributed by atoms with Crippen LogP contribution in [-0.4, -0.2) is 17.7 Å². The number of halogens is 1. The van der Waals surface area contributed by atoms with Crippen molar-refractivity contribution >= 4 is 29.1 Å². The average molecular weight is 380 g/mol. The molecule has 2 aromatic carbocycles. The third-order valence-corrected chi connectivity index (χ3v) is 5.68. The number of nitrogens with one attached hydrogen (secondary N) is 1. The molecule has 3 atom stereocenters. The molecule has 0 bridgehead atoms. The van der Waals surface area contributed by atoms with Crippen LogP contribution in [0.15, 0.2) is 48.5 Å². The number of nitrogens with zero attached hydrogens (tertiary/aromatic N) is 1. The molecule has 28 heavy (non-hydrogen) atoms. The van der Waals surface area contributed by atoms with Crippen LogP contribution in [0.2, 0.25) is 0 Å². The third-order valence-electron chi connectivity index (χ3n) is 5.68. The number of imide groups is 1. The number of benzene rings is 2. The highest BCUT2D eigenvalue weighted by atomic mass is 19.1. The van der Waals surface area contributed by atoms with Crippen LogP contribution in [0.1, 0.15) is 36.5 Å². The molecular weight excluding hydrogens is 359 g/mol. The van der Waals surface area contributed by atoms with Crippen LogP contribution in [0.5, 0.6) is 0 Å². The minimum atomic E-state index is -0.378. The normalized spacial score (nSPS) is 24.2. The molecule has 2 fully saturated rings. The quantitative estimate of drug-likeness (QED) is 0.819. The fraction of sp³-hybridized carbons (Fsp3) is 0.318. The Morgan fingerprint density at radius 2 is 1.61 bits per heavy atom. The van der Waals surface area contributed by atoms with Crippen molar-refractivity contribution in [1.82, 2.24) is 0 Å². The largest absolute Gasteiger partial charge is 0.322 e. The molecule has 0 radical (unpaired) electrons. The molecule has 0 aromatic heterocycles. The number of amides is 3. The summed E-state index contributed by atoms with van der Waals surface area (Å²) in [6.45, 7) is 2.12. The van der Waals surface area contributed by atoms with Crippen LogP contribution in [0, 0.1) is 23.6 Å². The number of carbonyl (C=O) groups excluding carboxylic acids is 3. The molecule has 0 unspecified atom stereocenters. The summed E-state index contributed by atoms with van der Waals surface area (Å²) in [5.41, 5.74) is 1.37. The van der Waals surface area contributed by atoms with Crippen LogP contribution >= 0.6 is 0 Å². The number of fused-ring (bicyclic) bond motifs is 1. The maximum atomic E-state index is 13.0. The summed E-state index contributed by atoms with van der Waals surface area (Å²) in [4.78, 5) is 39.1. The molecule has 1 aliphatic carbocycles. The van der Waals surface area contributed by atoms with Crippen molar-refractivity contribution in [3.8, 4) is 0 Å². The summed E-state index contributed by atoms with van der Waals surface area (Å²) in [7, 11) is 0. The smallest absolute Gasteiger partial charge is 0.255 e. The predicted molar refractivity (Wildman–Crippen MR) is 103 cm³/mol. The first kappa shape index (κ1) is 18.3. The van der Waals surface area contributed by atoms with Crippen molar-refractivity contribution < 1.29 is 18.8 Å². The van der Waals surface area contributed by atoms with Gasteiger partial charge in [0.15, 0.2) is 0 Å². The lowest BCUT2D eigenvalue weighted by Crippen LogP contribution is -2.30. The monoisotopic (exact) mass is 380 g/mol. The van der Waals surface area contributed by atoms with Gasteiger partial charge in [0, 0.05) is 11.3 Å². The molecule has 1 aliphatic heterocycles. The summed E-state index contributed by atoms with van der Waals surface area (Å²) in [5.74, 6) is -0.981. The van der Waals surface area contributed by atoms with E-state index in [9.17, 15) is 18.8 Å². The summed E-state index contributed by atoms with van der Waals surface area (Å²) in [6.07, 6.45) is 2.48. The molecule has 4 rings (SSSR count). The fourth-order valence-corrected chi connectivity index (χ4v) is 4.14. The zero-order valence-electron chi connectivity index (χ0n) is 15.5. The lowest BCUT2D eigenvalue weighted by atomic mass is 9.76. The molecule has 5 nitrogen and oxygen atoms in total. The zero-order valence-corrected chi connectivity index (χ0v) is 15.5. The second kappa shape index (κ2) is 7.19. The Balaban J connectivity index is 1.50. The van der Waals surface area contributed by atoms with E-state index in [1.807, 2.05) is 0 Å². The number of hydrogen-bond acceptors (Lipinski definition) is 3. The lowest BCUT2D eigenvalue weighted by Gasteiger charge is -2.25. The van der Waals surface area contributed by atoms with Crippen molar-refractivity contribution in [2.45, 2.75) is 26.2 Å². The van der Waals surface area contributed by atoms with Gasteiger partial charge in [-0.05, 0) is 73.7 Å². The minimum Gasteiger partial charge on any atom is -0.322 e. The predicted octanol–water partition coefficient (Wildman–Crippen LogP) is 4.00. The van der Waals surface area contributed by atoms with E-state index in [1.54, 1.807) is 24.3 Å². The van der Waals surface area contributed by atoms with Crippen LogP contribution in [0.4, 0.5) is 15.8 Å². The Bertz CT molecular complexity index is 924. The van der Waals surface area contributed by atoms with Gasteiger partial charge < -0.3 is 5.32 Å². The molecule has 1 saturated carbocycles. The van der Waals surface area contributed by atoms with Gasteiger partial charge in [0.2, 0.25) is 11.8 Å². The van der Waals surface area contributed by atoms with Gasteiger partial charge in [-0.1, -0.05) is 6.92 Å². The van der Waals surface area contributed by atoms with Gasteiger partial charge in [0.05, 0.1) is 17.5 Å². The van der Waals surface area contributed by atoms with Gasteiger partial charge in [-0.15, -0.1) is 0 Å². The zero-order chi connectivity index (χ0) is 19.8. The van der Waals surface area contributed by atoms with Gasteiger partial charge in [0.1, 0.15) is 5.82 Å². The highest BCUT2D eigenvalue weighted by Crippen LogP contribution is 2.42. The van der Waals surface area contributed by atoms with Gasteiger partial charge in [-0.3, -0.25) is 19.3 Å². The minimum absolute atomic E-state index is 0.134. The topological polar surface area (TPSA) is 66.5 Å². The Morgan fingerprint density at radius 3 is 2.29 bits per heavy atom. The molecule has 144 valence electrons. The first-order valence-electron chi connectivity index (χ1n) is 9.49. The Kier molecular flexibility index (Phi) is 4.71. The maximum absolute atomic E-state index is 13.0. The van der Waals surface area contributed by atoms with Crippen molar-refractivity contribution in [3.05, 3.63) is 59.9 Å². The van der Waals surface area contributed by atoms with Crippen molar-refractivity contribution in [1.29, 1.82) is 0 Å². The SMILES string of the molecule is C[C@H]1CC[C@@H]2C(=O)N(c3ccc(C(=O)Nc4ccc(F)cc4)cc3)C(=O)[C@@H]2C1. The third kappa shape index (κ3) is 3.30. The molecular formula is C22H21FN2O3. The molecule has 2 aromatic rings. The fourth-order valence-electron chi connectivity index (χ4n) is 4.14. The van der Waals surface area contributed by atoms with E-state index in [-0.39, 0.29) is 35.4 Å². The highest BCUT2D eigenvalue weighted by molar-refractivity contribution is 6.22. The van der Waals surface area contributed by atoms with Crippen molar-refractivity contribution in [2.75, 3.05) is 10.2 Å². The van der Waals surface area contributed by atoms with E-state index in [0.717, 1.165) is 19.3 Å². The van der Waals surface area contributed by atoms with E-state index in [1.165, 1.54) is 29.2 Å². The number of anilines is 2.